The van der Waals surface area contributed by atoms with Crippen LogP contribution in [0.4, 0.5) is 5.69 Å². The molecule has 0 heterocycles. The Morgan fingerprint density at radius 1 is 1.30 bits per heavy atom. The van der Waals surface area contributed by atoms with E-state index in [4.69, 9.17) is 10.5 Å². The fraction of sp³-hybridized carbons (Fsp3) is 0.429. The van der Waals surface area contributed by atoms with Crippen LogP contribution in [0.1, 0.15) is 31.1 Å². The van der Waals surface area contributed by atoms with E-state index in [2.05, 4.69) is 10.1 Å². The monoisotopic (exact) mass is 280 g/mol. The Morgan fingerprint density at radius 3 is 2.50 bits per heavy atom. The van der Waals surface area contributed by atoms with Crippen molar-refractivity contribution in [3.05, 3.63) is 23.8 Å². The smallest absolute Gasteiger partial charge is 0.343 e. The lowest BCUT2D eigenvalue weighted by atomic mass is 10.1. The van der Waals surface area contributed by atoms with E-state index in [1.807, 2.05) is 20.8 Å². The minimum Gasteiger partial charge on any atom is -0.483 e. The molecule has 0 saturated heterocycles. The molecule has 6 heteroatoms. The van der Waals surface area contributed by atoms with E-state index in [0.717, 1.165) is 0 Å². The molecule has 1 aromatic carbocycles. The van der Waals surface area contributed by atoms with E-state index in [1.54, 1.807) is 18.2 Å². The molecular weight excluding hydrogens is 260 g/mol. The van der Waals surface area contributed by atoms with Crippen LogP contribution >= 0.6 is 0 Å². The minimum atomic E-state index is -0.602. The Hall–Kier alpha value is -2.24. The van der Waals surface area contributed by atoms with E-state index >= 15 is 0 Å². The van der Waals surface area contributed by atoms with Crippen molar-refractivity contribution in [2.75, 3.05) is 19.5 Å². The number of methoxy groups -OCH3 is 1. The van der Waals surface area contributed by atoms with Crippen molar-refractivity contribution < 1.29 is 19.1 Å². The Labute approximate surface area is 118 Å². The first-order valence-electron chi connectivity index (χ1n) is 6.15. The summed E-state index contributed by atoms with van der Waals surface area (Å²) in [4.78, 5) is 23.3. The Morgan fingerprint density at radius 2 is 1.95 bits per heavy atom. The van der Waals surface area contributed by atoms with Gasteiger partial charge in [0.2, 0.25) is 0 Å². The van der Waals surface area contributed by atoms with Gasteiger partial charge in [0.05, 0.1) is 7.11 Å². The molecule has 0 fully saturated rings. The number of carbonyl (C=O) groups is 2. The normalized spacial score (nSPS) is 10.8. The van der Waals surface area contributed by atoms with E-state index in [-0.39, 0.29) is 35.1 Å². The van der Waals surface area contributed by atoms with Crippen molar-refractivity contribution in [3.63, 3.8) is 0 Å². The fourth-order valence-corrected chi connectivity index (χ4v) is 1.59. The molecule has 0 aliphatic rings. The highest BCUT2D eigenvalue weighted by Crippen LogP contribution is 2.25. The third kappa shape index (κ3) is 4.46. The van der Waals surface area contributed by atoms with Gasteiger partial charge in [0.25, 0.3) is 5.91 Å². The van der Waals surface area contributed by atoms with Crippen molar-refractivity contribution in [3.8, 4) is 5.75 Å². The highest BCUT2D eigenvalue weighted by molar-refractivity contribution is 5.98. The zero-order valence-electron chi connectivity index (χ0n) is 12.1. The maximum atomic E-state index is 11.7. The molecule has 110 valence electrons. The number of benzene rings is 1. The van der Waals surface area contributed by atoms with Crippen LogP contribution in [0, 0.1) is 0 Å². The number of anilines is 1. The van der Waals surface area contributed by atoms with Crippen LogP contribution < -0.4 is 15.8 Å². The van der Waals surface area contributed by atoms with Crippen LogP contribution in [0.5, 0.6) is 5.75 Å². The maximum Gasteiger partial charge on any atom is 0.343 e. The number of carbonyl (C=O) groups excluding carboxylic acids is 2. The molecule has 0 aromatic heterocycles. The average molecular weight is 280 g/mol. The average Bonchev–Trinajstić information content (AvgIpc) is 2.33. The Kier molecular flexibility index (Phi) is 4.96. The van der Waals surface area contributed by atoms with E-state index in [9.17, 15) is 9.59 Å². The molecule has 0 unspecified atom stereocenters. The van der Waals surface area contributed by atoms with Crippen LogP contribution in [0.3, 0.4) is 0 Å². The Balaban J connectivity index is 2.81. The quantitative estimate of drug-likeness (QED) is 0.641. The van der Waals surface area contributed by atoms with Crippen molar-refractivity contribution >= 4 is 17.6 Å². The molecule has 0 atom stereocenters. The van der Waals surface area contributed by atoms with Crippen molar-refractivity contribution in [2.45, 2.75) is 26.3 Å². The molecule has 0 spiro atoms. The zero-order valence-corrected chi connectivity index (χ0v) is 12.1. The number of amides is 1. The summed E-state index contributed by atoms with van der Waals surface area (Å²) in [7, 11) is 1.25. The molecule has 20 heavy (non-hydrogen) atoms. The number of rotatable bonds is 4. The standard InChI is InChI=1S/C14H20N2O4/c1-14(2,3)16-11(17)8-20-10-7-5-6-9(15)12(10)13(18)19-4/h5-7H,8,15H2,1-4H3,(H,16,17). The van der Waals surface area contributed by atoms with Crippen LogP contribution in [0.15, 0.2) is 18.2 Å². The number of nitrogen functional groups attached to an aromatic ring is 1. The summed E-state index contributed by atoms with van der Waals surface area (Å²) in [6, 6.07) is 4.76. The third-order valence-electron chi connectivity index (χ3n) is 2.32. The van der Waals surface area contributed by atoms with Crippen LogP contribution in [0.2, 0.25) is 0 Å². The number of hydrogen-bond acceptors (Lipinski definition) is 5. The summed E-state index contributed by atoms with van der Waals surface area (Å²) in [6.07, 6.45) is 0. The number of hydrogen-bond donors (Lipinski definition) is 2. The fourth-order valence-electron chi connectivity index (χ4n) is 1.59. The molecule has 1 aromatic rings. The summed E-state index contributed by atoms with van der Waals surface area (Å²) in [6.45, 7) is 5.40. The van der Waals surface area contributed by atoms with Crippen molar-refractivity contribution in [1.29, 1.82) is 0 Å². The molecule has 1 rings (SSSR count). The summed E-state index contributed by atoms with van der Waals surface area (Å²) in [5.41, 5.74) is 5.74. The van der Waals surface area contributed by atoms with Gasteiger partial charge < -0.3 is 20.5 Å². The van der Waals surface area contributed by atoms with E-state index in [1.165, 1.54) is 7.11 Å². The number of nitrogens with one attached hydrogen (secondary N) is 1. The predicted molar refractivity (Wildman–Crippen MR) is 75.6 cm³/mol. The Bertz CT molecular complexity index is 506. The van der Waals surface area contributed by atoms with Gasteiger partial charge in [-0.25, -0.2) is 4.79 Å². The highest BCUT2D eigenvalue weighted by atomic mass is 16.5. The van der Waals surface area contributed by atoms with Gasteiger partial charge in [0, 0.05) is 11.2 Å². The summed E-state index contributed by atoms with van der Waals surface area (Å²) in [5.74, 6) is -0.661. The summed E-state index contributed by atoms with van der Waals surface area (Å²) in [5, 5.41) is 2.76. The zero-order chi connectivity index (χ0) is 15.3. The van der Waals surface area contributed by atoms with Crippen molar-refractivity contribution in [1.82, 2.24) is 5.32 Å². The first kappa shape index (κ1) is 15.8. The van der Waals surface area contributed by atoms with Gasteiger partial charge in [-0.3, -0.25) is 4.79 Å². The van der Waals surface area contributed by atoms with Gasteiger partial charge >= 0.3 is 5.97 Å². The van der Waals surface area contributed by atoms with Gasteiger partial charge in [-0.1, -0.05) is 6.07 Å². The SMILES string of the molecule is COC(=O)c1c(N)cccc1OCC(=O)NC(C)(C)C. The first-order chi connectivity index (χ1) is 9.24. The van der Waals surface area contributed by atoms with Gasteiger partial charge in [0.15, 0.2) is 6.61 Å². The minimum absolute atomic E-state index is 0.124. The van der Waals surface area contributed by atoms with Gasteiger partial charge in [-0.05, 0) is 32.9 Å². The predicted octanol–water partition coefficient (Wildman–Crippen LogP) is 1.35. The molecule has 6 nitrogen and oxygen atoms in total. The topological polar surface area (TPSA) is 90.7 Å². The van der Waals surface area contributed by atoms with Crippen molar-refractivity contribution in [2.24, 2.45) is 0 Å². The van der Waals surface area contributed by atoms with E-state index in [0.29, 0.717) is 0 Å². The molecule has 0 aliphatic carbocycles. The van der Waals surface area contributed by atoms with E-state index < -0.39 is 5.97 Å². The molecular formula is C14H20N2O4. The molecule has 3 N–H and O–H groups in total. The van der Waals surface area contributed by atoms with Crippen LogP contribution in [0.25, 0.3) is 0 Å². The molecule has 0 aliphatic heterocycles. The number of nitrogens with two attached hydrogens (primary N) is 1. The molecule has 0 bridgehead atoms. The lowest BCUT2D eigenvalue weighted by molar-refractivity contribution is -0.124. The van der Waals surface area contributed by atoms with Crippen LogP contribution in [-0.4, -0.2) is 31.1 Å². The second kappa shape index (κ2) is 6.27. The summed E-state index contributed by atoms with van der Waals surface area (Å²) >= 11 is 0. The van der Waals surface area contributed by atoms with Gasteiger partial charge in [0.1, 0.15) is 11.3 Å². The lowest BCUT2D eigenvalue weighted by Crippen LogP contribution is -2.43. The maximum absolute atomic E-state index is 11.7. The second-order valence-electron chi connectivity index (χ2n) is 5.30. The molecule has 0 saturated carbocycles. The van der Waals surface area contributed by atoms with Gasteiger partial charge in [-0.15, -0.1) is 0 Å². The lowest BCUT2D eigenvalue weighted by Gasteiger charge is -2.20. The third-order valence-corrected chi connectivity index (χ3v) is 2.32. The number of ether oxygens (including phenoxy) is 2. The molecule has 0 radical (unpaired) electrons. The summed E-state index contributed by atoms with van der Waals surface area (Å²) < 4.78 is 10.0. The first-order valence-corrected chi connectivity index (χ1v) is 6.15. The van der Waals surface area contributed by atoms with Gasteiger partial charge in [-0.2, -0.15) is 0 Å². The van der Waals surface area contributed by atoms with Crippen LogP contribution in [-0.2, 0) is 9.53 Å². The molecule has 1 amide bonds. The number of esters is 1. The largest absolute Gasteiger partial charge is 0.483 e. The highest BCUT2D eigenvalue weighted by Gasteiger charge is 2.19. The second-order valence-corrected chi connectivity index (χ2v) is 5.30.